The molecule has 3 aliphatic rings. The van der Waals surface area contributed by atoms with E-state index in [1.54, 1.807) is 17.0 Å². The van der Waals surface area contributed by atoms with E-state index >= 15 is 0 Å². The average Bonchev–Trinajstić information content (AvgIpc) is 3.25. The van der Waals surface area contributed by atoms with Crippen LogP contribution in [0.3, 0.4) is 0 Å². The molecule has 2 amide bonds. The number of carbonyl (C=O) groups excluding carboxylic acids is 3. The van der Waals surface area contributed by atoms with Gasteiger partial charge < -0.3 is 15.4 Å². The zero-order valence-electron chi connectivity index (χ0n) is 23.3. The molecule has 0 radical (unpaired) electrons. The maximum absolute atomic E-state index is 13.3. The minimum Gasteiger partial charge on any atom is -0.444 e. The minimum atomic E-state index is -0.500. The molecule has 0 unspecified atom stereocenters. The molecule has 2 aromatic carbocycles. The summed E-state index contributed by atoms with van der Waals surface area (Å²) in [5.41, 5.74) is 12.7. The van der Waals surface area contributed by atoms with Crippen LogP contribution in [0.15, 0.2) is 48.0 Å². The molecule has 7 heteroatoms. The van der Waals surface area contributed by atoms with Crippen molar-refractivity contribution >= 4 is 23.4 Å². The highest BCUT2D eigenvalue weighted by atomic mass is 16.6. The van der Waals surface area contributed by atoms with Crippen LogP contribution in [0.2, 0.25) is 0 Å². The number of nitrogens with two attached hydrogens (primary N) is 1. The summed E-state index contributed by atoms with van der Waals surface area (Å²) in [4.78, 5) is 41.2. The Hall–Kier alpha value is -3.45. The van der Waals surface area contributed by atoms with Crippen molar-refractivity contribution in [2.75, 3.05) is 26.2 Å². The van der Waals surface area contributed by atoms with E-state index in [2.05, 4.69) is 17.0 Å². The predicted octanol–water partition coefficient (Wildman–Crippen LogP) is 5.22. The number of fused-ring (bicyclic) bond motifs is 2. The lowest BCUT2D eigenvalue weighted by molar-refractivity contribution is 0.0183. The van der Waals surface area contributed by atoms with E-state index in [-0.39, 0.29) is 17.8 Å². The molecule has 5 rings (SSSR count). The molecule has 0 spiro atoms. The second-order valence-electron chi connectivity index (χ2n) is 12.2. The second kappa shape index (κ2) is 11.0. The summed E-state index contributed by atoms with van der Waals surface area (Å²) in [7, 11) is 0. The van der Waals surface area contributed by atoms with E-state index in [1.165, 1.54) is 22.3 Å². The third kappa shape index (κ3) is 6.41. The lowest BCUT2D eigenvalue weighted by Gasteiger charge is -2.33. The highest BCUT2D eigenvalue weighted by molar-refractivity contribution is 5.98. The lowest BCUT2D eigenvalue weighted by Crippen LogP contribution is -2.42. The number of hydrogen-bond acceptors (Lipinski definition) is 5. The first kappa shape index (κ1) is 27.1. The number of amides is 2. The molecule has 2 heterocycles. The van der Waals surface area contributed by atoms with E-state index in [4.69, 9.17) is 10.5 Å². The van der Waals surface area contributed by atoms with Crippen molar-refractivity contribution in [1.82, 2.24) is 9.80 Å². The highest BCUT2D eigenvalue weighted by Crippen LogP contribution is 2.39. The van der Waals surface area contributed by atoms with Gasteiger partial charge in [-0.2, -0.15) is 0 Å². The van der Waals surface area contributed by atoms with Gasteiger partial charge in [0.15, 0.2) is 5.78 Å². The summed E-state index contributed by atoms with van der Waals surface area (Å²) in [6, 6.07) is 13.8. The molecule has 0 atom stereocenters. The van der Waals surface area contributed by atoms with Gasteiger partial charge in [0.2, 0.25) is 5.91 Å². The van der Waals surface area contributed by atoms with Crippen molar-refractivity contribution in [3.63, 3.8) is 0 Å². The minimum absolute atomic E-state index is 0.185. The standard InChI is InChI=1S/C32H39N3O4/c1-32(2,3)39-31(38)35-14-10-21(11-15-35)16-29(36)26-9-8-24-17-25-12-13-34(20-28(25)27(24)18-26)19-22-4-6-23(7-5-22)30(33)37/h4-9,18,21H,10-17,19-20H2,1-3H3,(H2,33,37). The zero-order valence-corrected chi connectivity index (χ0v) is 23.3. The van der Waals surface area contributed by atoms with Crippen molar-refractivity contribution in [2.24, 2.45) is 11.7 Å². The van der Waals surface area contributed by atoms with Gasteiger partial charge in [-0.25, -0.2) is 4.79 Å². The Bertz CT molecular complexity index is 1300. The first-order chi connectivity index (χ1) is 18.6. The largest absolute Gasteiger partial charge is 0.444 e. The van der Waals surface area contributed by atoms with Crippen LogP contribution in [0.25, 0.3) is 5.57 Å². The van der Waals surface area contributed by atoms with Gasteiger partial charge in [0.25, 0.3) is 0 Å². The van der Waals surface area contributed by atoms with Crippen LogP contribution in [0.4, 0.5) is 4.79 Å². The number of ether oxygens (including phenoxy) is 1. The number of Topliss-reactive ketones (excluding diaryl/α,β-unsaturated/α-hetero) is 1. The van der Waals surface area contributed by atoms with E-state index in [9.17, 15) is 14.4 Å². The van der Waals surface area contributed by atoms with Crippen LogP contribution in [0.5, 0.6) is 0 Å². The fraction of sp³-hybridized carbons (Fsp3) is 0.469. The van der Waals surface area contributed by atoms with Crippen LogP contribution in [0.1, 0.15) is 83.9 Å². The van der Waals surface area contributed by atoms with Crippen molar-refractivity contribution in [3.05, 3.63) is 75.9 Å². The van der Waals surface area contributed by atoms with Gasteiger partial charge >= 0.3 is 6.09 Å². The van der Waals surface area contributed by atoms with Gasteiger partial charge in [0.05, 0.1) is 0 Å². The summed E-state index contributed by atoms with van der Waals surface area (Å²) in [6.07, 6.45) is 3.90. The van der Waals surface area contributed by atoms with Crippen LogP contribution < -0.4 is 5.73 Å². The zero-order chi connectivity index (χ0) is 27.7. The number of ketones is 1. The molecular weight excluding hydrogens is 490 g/mol. The molecule has 206 valence electrons. The van der Waals surface area contributed by atoms with Crippen LogP contribution in [-0.2, 0) is 17.7 Å². The summed E-state index contributed by atoms with van der Waals surface area (Å²) in [5.74, 6) is 0.0589. The summed E-state index contributed by atoms with van der Waals surface area (Å²) < 4.78 is 5.50. The SMILES string of the molecule is CC(C)(C)OC(=O)N1CCC(CC(=O)c2ccc3c(c2)C2=C(CCN(Cc4ccc(C(N)=O)cc4)C2)C3)CC1. The number of carbonyl (C=O) groups is 3. The van der Waals surface area contributed by atoms with Gasteiger partial charge in [0.1, 0.15) is 5.60 Å². The van der Waals surface area contributed by atoms with Gasteiger partial charge in [0, 0.05) is 50.3 Å². The van der Waals surface area contributed by atoms with Crippen molar-refractivity contribution in [1.29, 1.82) is 0 Å². The Morgan fingerprint density at radius 3 is 2.33 bits per heavy atom. The third-order valence-corrected chi connectivity index (χ3v) is 8.08. The van der Waals surface area contributed by atoms with E-state index in [0.717, 1.165) is 56.4 Å². The molecule has 0 bridgehead atoms. The van der Waals surface area contributed by atoms with E-state index in [0.29, 0.717) is 25.1 Å². The van der Waals surface area contributed by atoms with Crippen molar-refractivity contribution < 1.29 is 19.1 Å². The molecule has 2 aliphatic heterocycles. The number of nitrogens with zero attached hydrogens (tertiary/aromatic N) is 2. The van der Waals surface area contributed by atoms with E-state index < -0.39 is 11.5 Å². The molecule has 0 aromatic heterocycles. The Labute approximate surface area is 231 Å². The number of rotatable bonds is 6. The molecule has 1 fully saturated rings. The monoisotopic (exact) mass is 529 g/mol. The van der Waals surface area contributed by atoms with Crippen LogP contribution in [-0.4, -0.2) is 59.4 Å². The van der Waals surface area contributed by atoms with Crippen LogP contribution >= 0.6 is 0 Å². The van der Waals surface area contributed by atoms with Gasteiger partial charge in [-0.05, 0) is 92.8 Å². The Balaban J connectivity index is 1.19. The molecule has 2 N–H and O–H groups in total. The van der Waals surface area contributed by atoms with Crippen molar-refractivity contribution in [3.8, 4) is 0 Å². The number of piperidine rings is 1. The first-order valence-corrected chi connectivity index (χ1v) is 14.0. The summed E-state index contributed by atoms with van der Waals surface area (Å²) in [6.45, 7) is 9.57. The van der Waals surface area contributed by atoms with Gasteiger partial charge in [-0.1, -0.05) is 29.8 Å². The topological polar surface area (TPSA) is 92.9 Å². The smallest absolute Gasteiger partial charge is 0.410 e. The molecule has 2 aromatic rings. The maximum Gasteiger partial charge on any atom is 0.410 e. The summed E-state index contributed by atoms with van der Waals surface area (Å²) in [5, 5.41) is 0. The van der Waals surface area contributed by atoms with Gasteiger partial charge in [-0.3, -0.25) is 14.5 Å². The Kier molecular flexibility index (Phi) is 7.63. The first-order valence-electron chi connectivity index (χ1n) is 14.0. The normalized spacial score (nSPS) is 18.1. The Morgan fingerprint density at radius 1 is 0.974 bits per heavy atom. The number of benzene rings is 2. The van der Waals surface area contributed by atoms with Gasteiger partial charge in [-0.15, -0.1) is 0 Å². The molecule has 1 saturated heterocycles. The van der Waals surface area contributed by atoms with Crippen molar-refractivity contribution in [2.45, 2.75) is 65.0 Å². The molecule has 0 saturated carbocycles. The highest BCUT2D eigenvalue weighted by Gasteiger charge is 2.30. The maximum atomic E-state index is 13.3. The van der Waals surface area contributed by atoms with Crippen LogP contribution in [0, 0.1) is 5.92 Å². The fourth-order valence-electron chi connectivity index (χ4n) is 5.94. The molecular formula is C32H39N3O4. The fourth-order valence-corrected chi connectivity index (χ4v) is 5.94. The van der Waals surface area contributed by atoms with E-state index in [1.807, 2.05) is 39.0 Å². The number of hydrogen-bond donors (Lipinski definition) is 1. The predicted molar refractivity (Wildman–Crippen MR) is 151 cm³/mol. The third-order valence-electron chi connectivity index (χ3n) is 8.08. The number of primary amides is 1. The Morgan fingerprint density at radius 2 is 1.67 bits per heavy atom. The number of likely N-dealkylation sites (tertiary alicyclic amines) is 1. The summed E-state index contributed by atoms with van der Waals surface area (Å²) >= 11 is 0. The lowest BCUT2D eigenvalue weighted by atomic mass is 9.89. The second-order valence-corrected chi connectivity index (χ2v) is 12.2. The molecule has 7 nitrogen and oxygen atoms in total. The quantitative estimate of drug-likeness (QED) is 0.518. The average molecular weight is 530 g/mol. The molecule has 39 heavy (non-hydrogen) atoms. The molecule has 1 aliphatic carbocycles.